The third kappa shape index (κ3) is 3.07. The van der Waals surface area contributed by atoms with Gasteiger partial charge >= 0.3 is 0 Å². The predicted octanol–water partition coefficient (Wildman–Crippen LogP) is 5.43. The maximum Gasteiger partial charge on any atom is 0.186 e. The van der Waals surface area contributed by atoms with Gasteiger partial charge in [-0.05, 0) is 38.0 Å². The van der Waals surface area contributed by atoms with Gasteiger partial charge in [0.25, 0.3) is 0 Å². The number of aromatic nitrogens is 2. The van der Waals surface area contributed by atoms with Gasteiger partial charge in [-0.15, -0.1) is 11.3 Å². The zero-order chi connectivity index (χ0) is 17.6. The Hall–Kier alpha value is -2.20. The van der Waals surface area contributed by atoms with Crippen LogP contribution in [0.15, 0.2) is 53.5 Å². The number of furan rings is 1. The molecule has 4 aromatic rings. The van der Waals surface area contributed by atoms with Crippen molar-refractivity contribution in [3.8, 4) is 0 Å². The van der Waals surface area contributed by atoms with Gasteiger partial charge in [-0.25, -0.2) is 4.57 Å². The fraction of sp³-hybridized carbons (Fsp3) is 0.333. The molecule has 4 heterocycles. The minimum absolute atomic E-state index is 0.102. The van der Waals surface area contributed by atoms with Crippen molar-refractivity contribution in [1.82, 2.24) is 4.98 Å². The van der Waals surface area contributed by atoms with E-state index in [9.17, 15) is 0 Å². The number of rotatable bonds is 4. The highest BCUT2D eigenvalue weighted by Gasteiger charge is 2.30. The average Bonchev–Trinajstić information content (AvgIpc) is 3.18. The van der Waals surface area contributed by atoms with Gasteiger partial charge in [-0.3, -0.25) is 4.98 Å². The lowest BCUT2D eigenvalue weighted by molar-refractivity contribution is -0.703. The SMILES string of the molecule is CC(C)c1cc2cc[n+](CC(C)(C)c3cc4ccncc4o3)cc2s1. The van der Waals surface area contributed by atoms with Gasteiger partial charge in [0.1, 0.15) is 5.76 Å². The molecule has 0 aliphatic rings. The summed E-state index contributed by atoms with van der Waals surface area (Å²) in [5, 5.41) is 2.44. The second kappa shape index (κ2) is 5.95. The first-order valence-electron chi connectivity index (χ1n) is 8.69. The summed E-state index contributed by atoms with van der Waals surface area (Å²) in [5.74, 6) is 1.57. The molecule has 25 heavy (non-hydrogen) atoms. The summed E-state index contributed by atoms with van der Waals surface area (Å²) < 4.78 is 9.67. The molecule has 0 atom stereocenters. The molecule has 0 aliphatic carbocycles. The van der Waals surface area contributed by atoms with Gasteiger partial charge in [-0.2, -0.15) is 0 Å². The van der Waals surface area contributed by atoms with E-state index in [4.69, 9.17) is 4.42 Å². The minimum atomic E-state index is -0.102. The standard InChI is InChI=1S/C21H23N2OS/c1-14(2)18-9-16-6-8-23(12-19(16)25-18)13-21(3,4)20-10-15-5-7-22-11-17(15)24-20/h5-12,14H,13H2,1-4H3/q+1. The van der Waals surface area contributed by atoms with Crippen LogP contribution in [0.2, 0.25) is 0 Å². The summed E-state index contributed by atoms with van der Waals surface area (Å²) in [4.78, 5) is 5.59. The Morgan fingerprint density at radius 2 is 2.04 bits per heavy atom. The molecule has 3 nitrogen and oxygen atoms in total. The van der Waals surface area contributed by atoms with Crippen LogP contribution in [0.25, 0.3) is 21.1 Å². The Labute approximate surface area is 151 Å². The van der Waals surface area contributed by atoms with Crippen molar-refractivity contribution in [2.45, 2.75) is 45.6 Å². The van der Waals surface area contributed by atoms with Gasteiger partial charge in [-0.1, -0.05) is 13.8 Å². The second-order valence-corrected chi connectivity index (χ2v) is 8.76. The van der Waals surface area contributed by atoms with Crippen LogP contribution in [-0.2, 0) is 12.0 Å². The van der Waals surface area contributed by atoms with Gasteiger partial charge in [0, 0.05) is 27.9 Å². The van der Waals surface area contributed by atoms with Crippen molar-refractivity contribution in [3.05, 3.63) is 59.7 Å². The molecule has 0 bridgehead atoms. The molecule has 0 aliphatic heterocycles. The number of pyridine rings is 2. The molecule has 0 aromatic carbocycles. The zero-order valence-corrected chi connectivity index (χ0v) is 15.9. The first-order chi connectivity index (χ1) is 11.9. The molecule has 128 valence electrons. The predicted molar refractivity (Wildman–Crippen MR) is 103 cm³/mol. The Morgan fingerprint density at radius 3 is 2.80 bits per heavy atom. The highest BCUT2D eigenvalue weighted by Crippen LogP contribution is 2.31. The van der Waals surface area contributed by atoms with E-state index in [2.05, 4.69) is 67.8 Å². The zero-order valence-electron chi connectivity index (χ0n) is 15.1. The second-order valence-electron chi connectivity index (χ2n) is 7.65. The molecular formula is C21H23N2OS+. The van der Waals surface area contributed by atoms with Crippen LogP contribution in [0.3, 0.4) is 0 Å². The van der Waals surface area contributed by atoms with Crippen LogP contribution in [0.5, 0.6) is 0 Å². The first kappa shape index (κ1) is 16.3. The molecule has 0 amide bonds. The maximum absolute atomic E-state index is 6.05. The van der Waals surface area contributed by atoms with E-state index in [1.54, 1.807) is 12.4 Å². The van der Waals surface area contributed by atoms with E-state index in [0.29, 0.717) is 5.92 Å². The summed E-state index contributed by atoms with van der Waals surface area (Å²) in [6.07, 6.45) is 8.02. The smallest absolute Gasteiger partial charge is 0.186 e. The van der Waals surface area contributed by atoms with Crippen LogP contribution in [0.4, 0.5) is 0 Å². The fourth-order valence-corrected chi connectivity index (χ4v) is 4.28. The normalized spacial score (nSPS) is 12.5. The number of nitrogens with zero attached hydrogens (tertiary/aromatic N) is 2. The van der Waals surface area contributed by atoms with Crippen LogP contribution >= 0.6 is 11.3 Å². The first-order valence-corrected chi connectivity index (χ1v) is 9.51. The summed E-state index contributed by atoms with van der Waals surface area (Å²) >= 11 is 1.89. The van der Waals surface area contributed by atoms with Gasteiger partial charge in [0.15, 0.2) is 24.5 Å². The van der Waals surface area contributed by atoms with Gasteiger partial charge in [0.05, 0.1) is 16.3 Å². The quantitative estimate of drug-likeness (QED) is 0.459. The summed E-state index contributed by atoms with van der Waals surface area (Å²) in [5.41, 5.74) is 0.751. The van der Waals surface area contributed by atoms with Crippen LogP contribution in [-0.4, -0.2) is 4.98 Å². The largest absolute Gasteiger partial charge is 0.459 e. The molecular weight excluding hydrogens is 328 g/mol. The molecule has 0 N–H and O–H groups in total. The van der Waals surface area contributed by atoms with Crippen molar-refractivity contribution >= 4 is 32.4 Å². The van der Waals surface area contributed by atoms with Crippen LogP contribution in [0.1, 0.15) is 44.3 Å². The number of fused-ring (bicyclic) bond motifs is 2. The molecule has 4 aromatic heterocycles. The fourth-order valence-electron chi connectivity index (χ4n) is 3.18. The van der Waals surface area contributed by atoms with Crippen LogP contribution < -0.4 is 4.57 Å². The number of hydrogen-bond acceptors (Lipinski definition) is 3. The van der Waals surface area contributed by atoms with Crippen molar-refractivity contribution in [1.29, 1.82) is 0 Å². The van der Waals surface area contributed by atoms with E-state index in [-0.39, 0.29) is 5.41 Å². The Bertz CT molecular complexity index is 1010. The lowest BCUT2D eigenvalue weighted by Gasteiger charge is -2.18. The van der Waals surface area contributed by atoms with Gasteiger partial charge in [0.2, 0.25) is 0 Å². The molecule has 0 saturated heterocycles. The van der Waals surface area contributed by atoms with E-state index < -0.39 is 0 Å². The molecule has 0 radical (unpaired) electrons. The summed E-state index contributed by atoms with van der Waals surface area (Å²) in [6, 6.07) is 8.66. The summed E-state index contributed by atoms with van der Waals surface area (Å²) in [7, 11) is 0. The van der Waals surface area contributed by atoms with Crippen molar-refractivity contribution in [2.24, 2.45) is 0 Å². The lowest BCUT2D eigenvalue weighted by atomic mass is 9.90. The lowest BCUT2D eigenvalue weighted by Crippen LogP contribution is -2.42. The van der Waals surface area contributed by atoms with Crippen molar-refractivity contribution in [2.75, 3.05) is 0 Å². The van der Waals surface area contributed by atoms with E-state index in [1.807, 2.05) is 17.4 Å². The monoisotopic (exact) mass is 351 g/mol. The van der Waals surface area contributed by atoms with E-state index in [1.165, 1.54) is 15.0 Å². The molecule has 0 unspecified atom stereocenters. The van der Waals surface area contributed by atoms with Crippen LogP contribution in [0, 0.1) is 0 Å². The molecule has 0 spiro atoms. The Kier molecular flexibility index (Phi) is 3.88. The average molecular weight is 351 g/mol. The van der Waals surface area contributed by atoms with Gasteiger partial charge < -0.3 is 4.42 Å². The molecule has 0 saturated carbocycles. The molecule has 0 fully saturated rings. The molecule has 4 rings (SSSR count). The third-order valence-electron chi connectivity index (χ3n) is 4.68. The van der Waals surface area contributed by atoms with Crippen molar-refractivity contribution < 1.29 is 8.98 Å². The number of hydrogen-bond donors (Lipinski definition) is 0. The van der Waals surface area contributed by atoms with E-state index in [0.717, 1.165) is 23.3 Å². The third-order valence-corrected chi connectivity index (χ3v) is 6.06. The highest BCUT2D eigenvalue weighted by atomic mass is 32.1. The minimum Gasteiger partial charge on any atom is -0.459 e. The highest BCUT2D eigenvalue weighted by molar-refractivity contribution is 7.19. The Morgan fingerprint density at radius 1 is 1.20 bits per heavy atom. The Balaban J connectivity index is 1.66. The summed E-state index contributed by atoms with van der Waals surface area (Å²) in [6.45, 7) is 9.81. The van der Waals surface area contributed by atoms with Crippen molar-refractivity contribution in [3.63, 3.8) is 0 Å². The number of thiophene rings is 1. The van der Waals surface area contributed by atoms with E-state index >= 15 is 0 Å². The maximum atomic E-state index is 6.05. The molecule has 4 heteroatoms. The topological polar surface area (TPSA) is 29.9 Å².